The van der Waals surface area contributed by atoms with E-state index in [1.807, 2.05) is 0 Å². The van der Waals surface area contributed by atoms with E-state index in [4.69, 9.17) is 0 Å². The van der Waals surface area contributed by atoms with Gasteiger partial charge in [-0.2, -0.15) is 0 Å². The van der Waals surface area contributed by atoms with Gasteiger partial charge >= 0.3 is 6.03 Å². The molecule has 0 bridgehead atoms. The molecule has 0 saturated carbocycles. The lowest BCUT2D eigenvalue weighted by Crippen LogP contribution is -2.44. The minimum absolute atomic E-state index is 0.102. The van der Waals surface area contributed by atoms with Crippen LogP contribution in [0.4, 0.5) is 14.9 Å². The van der Waals surface area contributed by atoms with Crippen molar-refractivity contribution in [2.75, 3.05) is 18.4 Å². The van der Waals surface area contributed by atoms with Gasteiger partial charge in [0.25, 0.3) is 0 Å². The topological polar surface area (TPSA) is 52.6 Å². The van der Waals surface area contributed by atoms with Crippen LogP contribution >= 0.6 is 15.9 Å². The maximum absolute atomic E-state index is 13.2. The van der Waals surface area contributed by atoms with Crippen molar-refractivity contribution < 1.29 is 14.3 Å². The SMILES string of the molecule is CC(O)C1CCCN(C(=O)Nc2cc(F)ccc2Br)C1. The second-order valence-electron chi connectivity index (χ2n) is 5.14. The predicted octanol–water partition coefficient (Wildman–Crippen LogP) is 3.21. The third-order valence-corrected chi connectivity index (χ3v) is 4.29. The molecule has 2 N–H and O–H groups in total. The molecule has 1 aliphatic rings. The van der Waals surface area contributed by atoms with Crippen LogP contribution in [0.5, 0.6) is 0 Å². The van der Waals surface area contributed by atoms with E-state index < -0.39 is 11.9 Å². The maximum Gasteiger partial charge on any atom is 0.321 e. The van der Waals surface area contributed by atoms with Gasteiger partial charge in [-0.15, -0.1) is 0 Å². The average Bonchev–Trinajstić information content (AvgIpc) is 2.43. The Hall–Kier alpha value is -1.14. The molecule has 2 amide bonds. The summed E-state index contributed by atoms with van der Waals surface area (Å²) in [6.45, 7) is 2.92. The minimum Gasteiger partial charge on any atom is -0.393 e. The van der Waals surface area contributed by atoms with E-state index >= 15 is 0 Å². The second-order valence-corrected chi connectivity index (χ2v) is 6.00. The van der Waals surface area contributed by atoms with E-state index in [9.17, 15) is 14.3 Å². The fraction of sp³-hybridized carbons (Fsp3) is 0.500. The van der Waals surface area contributed by atoms with Gasteiger partial charge in [-0.25, -0.2) is 9.18 Å². The number of aliphatic hydroxyl groups excluding tert-OH is 1. The van der Waals surface area contributed by atoms with Crippen molar-refractivity contribution in [1.29, 1.82) is 0 Å². The van der Waals surface area contributed by atoms with Crippen LogP contribution in [-0.4, -0.2) is 35.2 Å². The number of amides is 2. The molecule has 1 saturated heterocycles. The van der Waals surface area contributed by atoms with Gasteiger partial charge in [0, 0.05) is 23.5 Å². The van der Waals surface area contributed by atoms with Gasteiger partial charge in [-0.1, -0.05) is 0 Å². The zero-order chi connectivity index (χ0) is 14.7. The molecule has 2 atom stereocenters. The molecule has 0 spiro atoms. The Balaban J connectivity index is 2.02. The van der Waals surface area contributed by atoms with E-state index in [2.05, 4.69) is 21.2 Å². The molecule has 1 heterocycles. The van der Waals surface area contributed by atoms with Crippen molar-refractivity contribution in [2.24, 2.45) is 5.92 Å². The Labute approximate surface area is 126 Å². The number of urea groups is 1. The summed E-state index contributed by atoms with van der Waals surface area (Å²) >= 11 is 3.28. The molecule has 2 unspecified atom stereocenters. The summed E-state index contributed by atoms with van der Waals surface area (Å²) in [5.41, 5.74) is 0.411. The number of rotatable bonds is 2. The first kappa shape index (κ1) is 15.3. The van der Waals surface area contributed by atoms with Gasteiger partial charge in [-0.3, -0.25) is 0 Å². The van der Waals surface area contributed by atoms with Crippen molar-refractivity contribution in [3.63, 3.8) is 0 Å². The smallest absolute Gasteiger partial charge is 0.321 e. The largest absolute Gasteiger partial charge is 0.393 e. The first-order chi connectivity index (χ1) is 9.47. The molecule has 4 nitrogen and oxygen atoms in total. The second kappa shape index (κ2) is 6.54. The van der Waals surface area contributed by atoms with Crippen LogP contribution in [-0.2, 0) is 0 Å². The lowest BCUT2D eigenvalue weighted by molar-refractivity contribution is 0.0766. The molecule has 0 aromatic heterocycles. The summed E-state index contributed by atoms with van der Waals surface area (Å²) in [6, 6.07) is 3.89. The highest BCUT2D eigenvalue weighted by Crippen LogP contribution is 2.25. The highest BCUT2D eigenvalue weighted by molar-refractivity contribution is 9.10. The quantitative estimate of drug-likeness (QED) is 0.865. The third kappa shape index (κ3) is 3.70. The van der Waals surface area contributed by atoms with Crippen molar-refractivity contribution in [3.05, 3.63) is 28.5 Å². The highest BCUT2D eigenvalue weighted by atomic mass is 79.9. The Morgan fingerprint density at radius 1 is 1.60 bits per heavy atom. The zero-order valence-corrected chi connectivity index (χ0v) is 12.9. The number of nitrogens with one attached hydrogen (secondary N) is 1. The van der Waals surface area contributed by atoms with Crippen molar-refractivity contribution in [3.8, 4) is 0 Å². The molecule has 6 heteroatoms. The predicted molar refractivity (Wildman–Crippen MR) is 79.1 cm³/mol. The van der Waals surface area contributed by atoms with Crippen molar-refractivity contribution in [1.82, 2.24) is 4.90 Å². The van der Waals surface area contributed by atoms with Crippen molar-refractivity contribution >= 4 is 27.6 Å². The Morgan fingerprint density at radius 3 is 3.05 bits per heavy atom. The maximum atomic E-state index is 13.2. The Bertz CT molecular complexity index is 496. The number of carbonyl (C=O) groups is 1. The van der Waals surface area contributed by atoms with E-state index in [1.165, 1.54) is 12.1 Å². The average molecular weight is 345 g/mol. The normalized spacial score (nSPS) is 20.6. The number of piperidine rings is 1. The first-order valence-electron chi connectivity index (χ1n) is 6.66. The van der Waals surface area contributed by atoms with E-state index in [0.717, 1.165) is 12.8 Å². The fourth-order valence-electron chi connectivity index (χ4n) is 2.38. The first-order valence-corrected chi connectivity index (χ1v) is 7.45. The minimum atomic E-state index is -0.425. The molecule has 0 aliphatic carbocycles. The van der Waals surface area contributed by atoms with Crippen molar-refractivity contribution in [2.45, 2.75) is 25.9 Å². The number of likely N-dealkylation sites (tertiary alicyclic amines) is 1. The molecular formula is C14H18BrFN2O2. The molecule has 1 aliphatic heterocycles. The molecule has 0 radical (unpaired) electrons. The standard InChI is InChI=1S/C14H18BrFN2O2/c1-9(19)10-3-2-6-18(8-10)14(20)17-13-7-11(16)4-5-12(13)15/h4-5,7,9-10,19H,2-3,6,8H2,1H3,(H,17,20). The van der Waals surface area contributed by atoms with Gasteiger partial charge in [0.1, 0.15) is 5.82 Å². The Morgan fingerprint density at radius 2 is 2.35 bits per heavy atom. The molecule has 110 valence electrons. The lowest BCUT2D eigenvalue weighted by Gasteiger charge is -2.34. The summed E-state index contributed by atoms with van der Waals surface area (Å²) in [5, 5.41) is 12.3. The Kier molecular flexibility index (Phi) is 4.99. The van der Waals surface area contributed by atoms with Gasteiger partial charge in [-0.05, 0) is 53.9 Å². The molecule has 1 fully saturated rings. The van der Waals surface area contributed by atoms with Crippen LogP contribution in [0.3, 0.4) is 0 Å². The zero-order valence-electron chi connectivity index (χ0n) is 11.3. The number of hydrogen-bond acceptors (Lipinski definition) is 2. The number of hydrogen-bond donors (Lipinski definition) is 2. The van der Waals surface area contributed by atoms with Gasteiger partial charge in [0.05, 0.1) is 11.8 Å². The number of nitrogens with zero attached hydrogens (tertiary/aromatic N) is 1. The molecular weight excluding hydrogens is 327 g/mol. The lowest BCUT2D eigenvalue weighted by atomic mass is 9.94. The van der Waals surface area contributed by atoms with Crippen LogP contribution in [0.25, 0.3) is 0 Å². The summed E-state index contributed by atoms with van der Waals surface area (Å²) < 4.78 is 13.8. The van der Waals surface area contributed by atoms with Crippen LogP contribution in [0.1, 0.15) is 19.8 Å². The van der Waals surface area contributed by atoms with Gasteiger partial charge < -0.3 is 15.3 Å². The highest BCUT2D eigenvalue weighted by Gasteiger charge is 2.26. The monoisotopic (exact) mass is 344 g/mol. The number of benzene rings is 1. The van der Waals surface area contributed by atoms with E-state index in [1.54, 1.807) is 17.9 Å². The third-order valence-electron chi connectivity index (χ3n) is 3.60. The summed E-state index contributed by atoms with van der Waals surface area (Å²) in [5.74, 6) is -0.297. The summed E-state index contributed by atoms with van der Waals surface area (Å²) in [7, 11) is 0. The molecule has 2 rings (SSSR count). The van der Waals surface area contributed by atoms with Crippen LogP contribution in [0.2, 0.25) is 0 Å². The van der Waals surface area contributed by atoms with Gasteiger partial charge in [0.2, 0.25) is 0 Å². The number of halogens is 2. The van der Waals surface area contributed by atoms with Crippen LogP contribution in [0, 0.1) is 11.7 Å². The molecule has 1 aromatic carbocycles. The van der Waals surface area contributed by atoms with Crippen LogP contribution < -0.4 is 5.32 Å². The fourth-order valence-corrected chi connectivity index (χ4v) is 2.72. The summed E-state index contributed by atoms with van der Waals surface area (Å²) in [6.07, 6.45) is 1.37. The molecule has 1 aromatic rings. The molecule has 20 heavy (non-hydrogen) atoms. The van der Waals surface area contributed by atoms with Gasteiger partial charge in [0.15, 0.2) is 0 Å². The van der Waals surface area contributed by atoms with E-state index in [-0.39, 0.29) is 11.9 Å². The number of aliphatic hydroxyl groups is 1. The number of anilines is 1. The summed E-state index contributed by atoms with van der Waals surface area (Å²) in [4.78, 5) is 13.9. The number of carbonyl (C=O) groups excluding carboxylic acids is 1. The van der Waals surface area contributed by atoms with Crippen LogP contribution in [0.15, 0.2) is 22.7 Å². The van der Waals surface area contributed by atoms with E-state index in [0.29, 0.717) is 23.2 Å².